The van der Waals surface area contributed by atoms with Crippen LogP contribution in [0.1, 0.15) is 43.5 Å². The quantitative estimate of drug-likeness (QED) is 0.739. The first kappa shape index (κ1) is 13.1. The lowest BCUT2D eigenvalue weighted by Crippen LogP contribution is -2.12. The maximum absolute atomic E-state index is 6.63. The van der Waals surface area contributed by atoms with Gasteiger partial charge in [-0.1, -0.05) is 25.8 Å². The van der Waals surface area contributed by atoms with Crippen molar-refractivity contribution in [3.63, 3.8) is 0 Å². The van der Waals surface area contributed by atoms with Gasteiger partial charge < -0.3 is 9.47 Å². The van der Waals surface area contributed by atoms with Gasteiger partial charge in [-0.05, 0) is 36.5 Å². The predicted octanol–water partition coefficient (Wildman–Crippen LogP) is 4.56. The van der Waals surface area contributed by atoms with Crippen LogP contribution in [0.4, 0.5) is 0 Å². The topological polar surface area (TPSA) is 18.5 Å². The molecule has 1 fully saturated rings. The molecule has 0 radical (unpaired) electrons. The highest BCUT2D eigenvalue weighted by molar-refractivity contribution is 6.21. The summed E-state index contributed by atoms with van der Waals surface area (Å²) >= 11 is 6.63. The molecule has 0 spiro atoms. The molecular formula is C16H21ClO2. The van der Waals surface area contributed by atoms with E-state index < -0.39 is 0 Å². The number of ether oxygens (including phenoxy) is 2. The lowest BCUT2D eigenvalue weighted by molar-refractivity contribution is 0.228. The van der Waals surface area contributed by atoms with E-state index in [0.29, 0.717) is 18.4 Å². The molecule has 1 aromatic rings. The van der Waals surface area contributed by atoms with Crippen molar-refractivity contribution < 1.29 is 9.47 Å². The fourth-order valence-electron chi connectivity index (χ4n) is 2.96. The molecule has 0 amide bonds. The molecule has 1 heterocycles. The normalized spacial score (nSPS) is 25.1. The van der Waals surface area contributed by atoms with Gasteiger partial charge in [-0.3, -0.25) is 0 Å². The molecule has 2 aliphatic rings. The van der Waals surface area contributed by atoms with Gasteiger partial charge in [-0.2, -0.15) is 0 Å². The molecule has 0 saturated heterocycles. The average Bonchev–Trinajstić information content (AvgIpc) is 2.90. The smallest absolute Gasteiger partial charge is 0.161 e. The van der Waals surface area contributed by atoms with Crippen molar-refractivity contribution in [3.05, 3.63) is 23.8 Å². The molecule has 2 nitrogen and oxygen atoms in total. The van der Waals surface area contributed by atoms with Crippen LogP contribution in [0, 0.1) is 11.8 Å². The minimum absolute atomic E-state index is 0.108. The summed E-state index contributed by atoms with van der Waals surface area (Å²) in [6, 6.07) is 6.17. The van der Waals surface area contributed by atoms with Crippen LogP contribution < -0.4 is 9.47 Å². The van der Waals surface area contributed by atoms with Crippen LogP contribution in [0.5, 0.6) is 11.5 Å². The van der Waals surface area contributed by atoms with Gasteiger partial charge in [0, 0.05) is 5.92 Å². The van der Waals surface area contributed by atoms with Crippen molar-refractivity contribution in [2.45, 2.75) is 38.0 Å². The van der Waals surface area contributed by atoms with Crippen LogP contribution in [0.2, 0.25) is 0 Å². The van der Waals surface area contributed by atoms with Gasteiger partial charge in [-0.15, -0.1) is 11.6 Å². The van der Waals surface area contributed by atoms with Crippen LogP contribution in [0.25, 0.3) is 0 Å². The Hall–Kier alpha value is -0.890. The highest BCUT2D eigenvalue weighted by Crippen LogP contribution is 2.42. The Morgan fingerprint density at radius 3 is 2.53 bits per heavy atom. The lowest BCUT2D eigenvalue weighted by atomic mass is 9.97. The average molecular weight is 281 g/mol. The molecule has 3 rings (SSSR count). The third-order valence-corrected chi connectivity index (χ3v) is 4.75. The summed E-state index contributed by atoms with van der Waals surface area (Å²) in [5.41, 5.74) is 1.17. The molecule has 0 aromatic heterocycles. The van der Waals surface area contributed by atoms with E-state index >= 15 is 0 Å². The van der Waals surface area contributed by atoms with E-state index in [2.05, 4.69) is 19.1 Å². The van der Waals surface area contributed by atoms with Gasteiger partial charge in [0.2, 0.25) is 0 Å². The van der Waals surface area contributed by atoms with E-state index in [1.165, 1.54) is 31.2 Å². The summed E-state index contributed by atoms with van der Waals surface area (Å²) in [5.74, 6) is 2.75. The first-order valence-corrected chi connectivity index (χ1v) is 7.71. The Morgan fingerprint density at radius 1 is 1.11 bits per heavy atom. The van der Waals surface area contributed by atoms with E-state index in [0.717, 1.165) is 18.1 Å². The monoisotopic (exact) mass is 280 g/mol. The summed E-state index contributed by atoms with van der Waals surface area (Å²) in [6.45, 7) is 3.57. The van der Waals surface area contributed by atoms with Crippen LogP contribution >= 0.6 is 11.6 Å². The molecule has 1 aliphatic carbocycles. The minimum atomic E-state index is 0.108. The second-order valence-corrected chi connectivity index (χ2v) is 6.35. The van der Waals surface area contributed by atoms with Crippen molar-refractivity contribution in [2.24, 2.45) is 11.8 Å². The summed E-state index contributed by atoms with van der Waals surface area (Å²) in [5, 5.41) is 0.108. The molecule has 1 saturated carbocycles. The van der Waals surface area contributed by atoms with Crippen molar-refractivity contribution in [1.29, 1.82) is 0 Å². The maximum atomic E-state index is 6.63. The molecule has 0 N–H and O–H groups in total. The highest BCUT2D eigenvalue weighted by atomic mass is 35.5. The second kappa shape index (κ2) is 5.62. The summed E-state index contributed by atoms with van der Waals surface area (Å²) in [6.07, 6.45) is 5.13. The van der Waals surface area contributed by atoms with Gasteiger partial charge in [-0.25, -0.2) is 0 Å². The number of halogens is 1. The number of alkyl halides is 1. The zero-order chi connectivity index (χ0) is 13.2. The SMILES string of the molecule is CC1COc2ccc(C(Cl)C3CCCC3)cc2OC1. The molecule has 104 valence electrons. The predicted molar refractivity (Wildman–Crippen MR) is 77.1 cm³/mol. The lowest BCUT2D eigenvalue weighted by Gasteiger charge is -2.18. The van der Waals surface area contributed by atoms with E-state index in [9.17, 15) is 0 Å². The van der Waals surface area contributed by atoms with E-state index in [4.69, 9.17) is 21.1 Å². The molecule has 3 heteroatoms. The molecule has 19 heavy (non-hydrogen) atoms. The van der Waals surface area contributed by atoms with E-state index in [1.54, 1.807) is 0 Å². The Labute approximate surface area is 120 Å². The van der Waals surface area contributed by atoms with Gasteiger partial charge in [0.25, 0.3) is 0 Å². The molecule has 2 unspecified atom stereocenters. The Morgan fingerprint density at radius 2 is 1.79 bits per heavy atom. The van der Waals surface area contributed by atoms with E-state index in [1.807, 2.05) is 6.07 Å². The third-order valence-electron chi connectivity index (χ3n) is 4.15. The van der Waals surface area contributed by atoms with Crippen molar-refractivity contribution >= 4 is 11.6 Å². The first-order chi connectivity index (χ1) is 9.24. The van der Waals surface area contributed by atoms with Crippen LogP contribution in [-0.2, 0) is 0 Å². The molecule has 0 bridgehead atoms. The minimum Gasteiger partial charge on any atom is -0.489 e. The van der Waals surface area contributed by atoms with Gasteiger partial charge in [0.15, 0.2) is 11.5 Å². The maximum Gasteiger partial charge on any atom is 0.161 e. The Bertz CT molecular complexity index is 440. The van der Waals surface area contributed by atoms with Crippen molar-refractivity contribution in [2.75, 3.05) is 13.2 Å². The molecule has 2 atom stereocenters. The zero-order valence-electron chi connectivity index (χ0n) is 11.4. The number of benzene rings is 1. The van der Waals surface area contributed by atoms with E-state index in [-0.39, 0.29) is 5.38 Å². The molecular weight excluding hydrogens is 260 g/mol. The van der Waals surface area contributed by atoms with Crippen LogP contribution in [-0.4, -0.2) is 13.2 Å². The Kier molecular flexibility index (Phi) is 3.88. The summed E-state index contributed by atoms with van der Waals surface area (Å²) < 4.78 is 11.6. The molecule has 1 aliphatic heterocycles. The van der Waals surface area contributed by atoms with Gasteiger partial charge in [0.1, 0.15) is 0 Å². The zero-order valence-corrected chi connectivity index (χ0v) is 12.2. The number of fused-ring (bicyclic) bond motifs is 1. The number of rotatable bonds is 2. The second-order valence-electron chi connectivity index (χ2n) is 5.88. The number of hydrogen-bond donors (Lipinski definition) is 0. The fraction of sp³-hybridized carbons (Fsp3) is 0.625. The van der Waals surface area contributed by atoms with Crippen molar-refractivity contribution in [1.82, 2.24) is 0 Å². The summed E-state index contributed by atoms with van der Waals surface area (Å²) in [7, 11) is 0. The summed E-state index contributed by atoms with van der Waals surface area (Å²) in [4.78, 5) is 0. The largest absolute Gasteiger partial charge is 0.489 e. The van der Waals surface area contributed by atoms with Gasteiger partial charge >= 0.3 is 0 Å². The van der Waals surface area contributed by atoms with Gasteiger partial charge in [0.05, 0.1) is 18.6 Å². The number of hydrogen-bond acceptors (Lipinski definition) is 2. The Balaban J connectivity index is 1.80. The van der Waals surface area contributed by atoms with Crippen LogP contribution in [0.15, 0.2) is 18.2 Å². The standard InChI is InChI=1S/C16H21ClO2/c1-11-9-18-14-7-6-13(8-15(14)19-10-11)16(17)12-4-2-3-5-12/h6-8,11-12,16H,2-5,9-10H2,1H3. The fourth-order valence-corrected chi connectivity index (χ4v) is 3.35. The highest BCUT2D eigenvalue weighted by Gasteiger charge is 2.26. The first-order valence-electron chi connectivity index (χ1n) is 7.27. The van der Waals surface area contributed by atoms with Crippen LogP contribution in [0.3, 0.4) is 0 Å². The molecule has 1 aromatic carbocycles. The third kappa shape index (κ3) is 2.84. The van der Waals surface area contributed by atoms with Crippen molar-refractivity contribution in [3.8, 4) is 11.5 Å².